The molecular weight excluding hydrogens is 506 g/mol. The fourth-order valence-corrected chi connectivity index (χ4v) is 5.93. The first kappa shape index (κ1) is 27.9. The lowest BCUT2D eigenvalue weighted by Gasteiger charge is -2.42. The van der Waals surface area contributed by atoms with E-state index in [0.29, 0.717) is 36.4 Å². The molecule has 5 rings (SSSR count). The summed E-state index contributed by atoms with van der Waals surface area (Å²) >= 11 is 0. The maximum atomic E-state index is 13.6. The largest absolute Gasteiger partial charge is 0.493 e. The number of fused-ring (bicyclic) bond motifs is 1. The summed E-state index contributed by atoms with van der Waals surface area (Å²) in [6.07, 6.45) is 6.82. The van der Waals surface area contributed by atoms with Crippen LogP contribution in [0.3, 0.4) is 0 Å². The first-order valence-corrected chi connectivity index (χ1v) is 14.5. The van der Waals surface area contributed by atoms with Crippen molar-refractivity contribution >= 4 is 23.0 Å². The Kier molecular flexibility index (Phi) is 7.75. The summed E-state index contributed by atoms with van der Waals surface area (Å²) in [4.78, 5) is 39.6. The number of hydrogen-bond acceptors (Lipinski definition) is 5. The second-order valence-corrected chi connectivity index (χ2v) is 12.3. The van der Waals surface area contributed by atoms with Gasteiger partial charge in [0.2, 0.25) is 0 Å². The first-order valence-electron chi connectivity index (χ1n) is 14.5. The van der Waals surface area contributed by atoms with Crippen LogP contribution in [0.25, 0.3) is 22.3 Å². The van der Waals surface area contributed by atoms with Gasteiger partial charge in [0.1, 0.15) is 23.3 Å². The standard InChI is InChI=1S/C31H41N5O4/c1-6-19-9-14-24(40-16-20-7-8-20)23(15-19)26-28-27(33-17-32-26)25(18(2)34-28)29(37)35-21-10-12-22(13-11-21)36(30(38)39)31(3,4)5/h9,14-15,17,20-22,34H,6-8,10-13,16H2,1-5H3,(H,35,37)(H,38,39)/t21-,22+. The number of benzene rings is 1. The third-order valence-electron chi connectivity index (χ3n) is 8.20. The molecule has 2 amide bonds. The van der Waals surface area contributed by atoms with Gasteiger partial charge < -0.3 is 25.0 Å². The lowest BCUT2D eigenvalue weighted by molar-refractivity contribution is 0.0520. The molecule has 2 aliphatic carbocycles. The van der Waals surface area contributed by atoms with Gasteiger partial charge in [-0.25, -0.2) is 14.8 Å². The molecule has 2 saturated carbocycles. The number of aromatic nitrogens is 3. The number of nitrogens with one attached hydrogen (secondary N) is 2. The Morgan fingerprint density at radius 3 is 2.48 bits per heavy atom. The van der Waals surface area contributed by atoms with E-state index in [1.807, 2.05) is 33.8 Å². The van der Waals surface area contributed by atoms with E-state index in [9.17, 15) is 14.7 Å². The molecule has 3 N–H and O–H groups in total. The van der Waals surface area contributed by atoms with Crippen LogP contribution in [0.15, 0.2) is 24.5 Å². The Hall–Kier alpha value is -3.62. The van der Waals surface area contributed by atoms with Crippen LogP contribution in [0.5, 0.6) is 5.75 Å². The molecule has 3 aromatic rings. The minimum atomic E-state index is -0.893. The summed E-state index contributed by atoms with van der Waals surface area (Å²) in [6, 6.07) is 6.17. The van der Waals surface area contributed by atoms with Crippen molar-refractivity contribution in [2.45, 2.75) is 97.2 Å². The Bertz CT molecular complexity index is 1400. The average Bonchev–Trinajstić information content (AvgIpc) is 3.67. The minimum absolute atomic E-state index is 0.0197. The third-order valence-corrected chi connectivity index (χ3v) is 8.20. The van der Waals surface area contributed by atoms with Gasteiger partial charge in [0.15, 0.2) is 0 Å². The summed E-state index contributed by atoms with van der Waals surface area (Å²) in [6.45, 7) is 10.5. The Morgan fingerprint density at radius 1 is 1.12 bits per heavy atom. The van der Waals surface area contributed by atoms with Gasteiger partial charge in [-0.2, -0.15) is 0 Å². The Balaban J connectivity index is 1.37. The number of aryl methyl sites for hydroxylation is 2. The maximum Gasteiger partial charge on any atom is 0.407 e. The Labute approximate surface area is 235 Å². The highest BCUT2D eigenvalue weighted by Crippen LogP contribution is 2.37. The van der Waals surface area contributed by atoms with Crippen molar-refractivity contribution in [2.24, 2.45) is 5.92 Å². The van der Waals surface area contributed by atoms with Crippen LogP contribution in [0.4, 0.5) is 4.79 Å². The molecule has 40 heavy (non-hydrogen) atoms. The monoisotopic (exact) mass is 547 g/mol. The van der Waals surface area contributed by atoms with Crippen LogP contribution < -0.4 is 10.1 Å². The second-order valence-electron chi connectivity index (χ2n) is 12.3. The number of ether oxygens (including phenoxy) is 1. The fourth-order valence-electron chi connectivity index (χ4n) is 5.93. The van der Waals surface area contributed by atoms with Crippen molar-refractivity contribution in [3.63, 3.8) is 0 Å². The van der Waals surface area contributed by atoms with Crippen molar-refractivity contribution in [3.05, 3.63) is 41.3 Å². The molecule has 9 heteroatoms. The van der Waals surface area contributed by atoms with Gasteiger partial charge in [-0.1, -0.05) is 13.0 Å². The fraction of sp³-hybridized carbons (Fsp3) is 0.548. The smallest absolute Gasteiger partial charge is 0.407 e. The van der Waals surface area contributed by atoms with Crippen LogP contribution in [0, 0.1) is 12.8 Å². The summed E-state index contributed by atoms with van der Waals surface area (Å²) in [7, 11) is 0. The van der Waals surface area contributed by atoms with Gasteiger partial charge in [0.05, 0.1) is 17.7 Å². The van der Waals surface area contributed by atoms with Gasteiger partial charge in [-0.3, -0.25) is 4.79 Å². The number of H-pyrrole nitrogens is 1. The predicted octanol–water partition coefficient (Wildman–Crippen LogP) is 6.10. The lowest BCUT2D eigenvalue weighted by Crippen LogP contribution is -2.53. The molecule has 0 aliphatic heterocycles. The summed E-state index contributed by atoms with van der Waals surface area (Å²) < 4.78 is 6.22. The minimum Gasteiger partial charge on any atom is -0.493 e. The molecule has 2 aliphatic rings. The normalized spacial score (nSPS) is 19.4. The third kappa shape index (κ3) is 5.78. The summed E-state index contributed by atoms with van der Waals surface area (Å²) in [5, 5.41) is 13.0. The number of hydrogen-bond donors (Lipinski definition) is 3. The topological polar surface area (TPSA) is 120 Å². The molecule has 0 unspecified atom stereocenters. The number of aromatic amines is 1. The van der Waals surface area contributed by atoms with Crippen LogP contribution >= 0.6 is 0 Å². The number of carbonyl (C=O) groups is 2. The van der Waals surface area contributed by atoms with Gasteiger partial charge in [-0.05, 0) is 96.3 Å². The molecular formula is C31H41N5O4. The molecule has 9 nitrogen and oxygen atoms in total. The quantitative estimate of drug-likeness (QED) is 0.313. The maximum absolute atomic E-state index is 13.6. The van der Waals surface area contributed by atoms with Crippen LogP contribution in [0.1, 0.15) is 87.8 Å². The summed E-state index contributed by atoms with van der Waals surface area (Å²) in [5.74, 6) is 1.25. The van der Waals surface area contributed by atoms with E-state index < -0.39 is 11.6 Å². The summed E-state index contributed by atoms with van der Waals surface area (Å²) in [5.41, 5.74) is 4.92. The van der Waals surface area contributed by atoms with E-state index in [1.54, 1.807) is 4.90 Å². The highest BCUT2D eigenvalue weighted by molar-refractivity contribution is 6.09. The number of nitrogens with zero attached hydrogens (tertiary/aromatic N) is 3. The molecule has 0 atom stereocenters. The SMILES string of the molecule is CCc1ccc(OCC2CC2)c(-c2ncnc3c(C(=O)N[C@H]4CC[C@@H](N(C(=O)O)C(C)(C)C)CC4)c(C)[nH]c23)c1. The number of carbonyl (C=O) groups excluding carboxylic acids is 1. The number of carboxylic acid groups (broad SMARTS) is 1. The van der Waals surface area contributed by atoms with Gasteiger partial charge in [0.25, 0.3) is 5.91 Å². The molecule has 214 valence electrons. The molecule has 0 bridgehead atoms. The van der Waals surface area contributed by atoms with E-state index in [-0.39, 0.29) is 18.0 Å². The second kappa shape index (κ2) is 11.1. The molecule has 2 aromatic heterocycles. The molecule has 0 radical (unpaired) electrons. The van der Waals surface area contributed by atoms with Crippen molar-refractivity contribution in [3.8, 4) is 17.0 Å². The molecule has 1 aromatic carbocycles. The van der Waals surface area contributed by atoms with E-state index in [1.165, 1.54) is 24.7 Å². The van der Waals surface area contributed by atoms with Crippen molar-refractivity contribution in [2.75, 3.05) is 6.61 Å². The number of rotatable bonds is 8. The van der Waals surface area contributed by atoms with Crippen LogP contribution in [0.2, 0.25) is 0 Å². The lowest BCUT2D eigenvalue weighted by atomic mass is 9.88. The average molecular weight is 548 g/mol. The number of amides is 2. The zero-order chi connectivity index (χ0) is 28.6. The van der Waals surface area contributed by atoms with Gasteiger partial charge in [-0.15, -0.1) is 0 Å². The van der Waals surface area contributed by atoms with E-state index in [4.69, 9.17) is 4.74 Å². The zero-order valence-corrected chi connectivity index (χ0v) is 24.2. The highest BCUT2D eigenvalue weighted by Gasteiger charge is 2.36. The molecule has 0 spiro atoms. The van der Waals surface area contributed by atoms with Crippen molar-refractivity contribution < 1.29 is 19.4 Å². The van der Waals surface area contributed by atoms with Crippen LogP contribution in [-0.4, -0.2) is 61.2 Å². The Morgan fingerprint density at radius 2 is 1.85 bits per heavy atom. The first-order chi connectivity index (χ1) is 19.1. The van der Waals surface area contributed by atoms with E-state index in [2.05, 4.69) is 39.3 Å². The van der Waals surface area contributed by atoms with Gasteiger partial charge in [0, 0.05) is 28.9 Å². The molecule has 2 heterocycles. The van der Waals surface area contributed by atoms with Crippen molar-refractivity contribution in [1.29, 1.82) is 0 Å². The van der Waals surface area contributed by atoms with E-state index in [0.717, 1.165) is 47.5 Å². The molecule has 2 fully saturated rings. The molecule has 0 saturated heterocycles. The van der Waals surface area contributed by atoms with E-state index >= 15 is 0 Å². The van der Waals surface area contributed by atoms with Crippen molar-refractivity contribution in [1.82, 2.24) is 25.2 Å². The highest BCUT2D eigenvalue weighted by atomic mass is 16.5. The van der Waals surface area contributed by atoms with Gasteiger partial charge >= 0.3 is 6.09 Å². The zero-order valence-electron chi connectivity index (χ0n) is 24.2. The predicted molar refractivity (Wildman–Crippen MR) is 155 cm³/mol. The van der Waals surface area contributed by atoms with Crippen LogP contribution in [-0.2, 0) is 6.42 Å².